The first-order chi connectivity index (χ1) is 12.6. The van der Waals surface area contributed by atoms with Crippen molar-refractivity contribution in [1.29, 1.82) is 0 Å². The smallest absolute Gasteiger partial charge is 0.249 e. The molecule has 27 heavy (non-hydrogen) atoms. The molecule has 0 aliphatic carbocycles. The first-order valence-corrected chi connectivity index (χ1v) is 8.64. The molecule has 8 heteroatoms. The third-order valence-electron chi connectivity index (χ3n) is 3.86. The van der Waals surface area contributed by atoms with Gasteiger partial charge in [0.05, 0.1) is 11.1 Å². The summed E-state index contributed by atoms with van der Waals surface area (Å²) >= 11 is 1.88. The summed E-state index contributed by atoms with van der Waals surface area (Å²) in [7, 11) is 0. The van der Waals surface area contributed by atoms with E-state index in [2.05, 4.69) is 4.98 Å². The number of hydrogen-bond donors (Lipinski definition) is 0. The highest BCUT2D eigenvalue weighted by atomic mass is 127. The molecular weight excluding hydrogens is 483 g/mol. The van der Waals surface area contributed by atoms with Gasteiger partial charge in [-0.2, -0.15) is 26.3 Å². The van der Waals surface area contributed by atoms with Crippen LogP contribution in [0.3, 0.4) is 0 Å². The molecule has 0 aliphatic heterocycles. The van der Waals surface area contributed by atoms with Crippen LogP contribution in [0.4, 0.5) is 26.3 Å². The third-order valence-corrected chi connectivity index (χ3v) is 4.72. The maximum Gasteiger partial charge on any atom is 0.416 e. The van der Waals surface area contributed by atoms with Gasteiger partial charge in [-0.1, -0.05) is 24.3 Å². The monoisotopic (exact) mass is 493 g/mol. The summed E-state index contributed by atoms with van der Waals surface area (Å²) in [6.07, 6.45) is -7.58. The second-order valence-electron chi connectivity index (χ2n) is 5.72. The predicted octanol–water partition coefficient (Wildman–Crippen LogP) is 7.06. The molecule has 2 aromatic carbocycles. The number of rotatable bonds is 2. The molecule has 1 nitrogen and oxygen atoms in total. The van der Waals surface area contributed by atoms with Crippen LogP contribution in [-0.2, 0) is 12.4 Å². The number of nitrogens with zero attached hydrogens (tertiary/aromatic N) is 1. The minimum atomic E-state index is -4.49. The molecule has 140 valence electrons. The van der Waals surface area contributed by atoms with E-state index in [1.807, 2.05) is 22.6 Å². The lowest BCUT2D eigenvalue weighted by Crippen LogP contribution is -2.05. The van der Waals surface area contributed by atoms with E-state index in [0.29, 0.717) is 14.8 Å². The van der Waals surface area contributed by atoms with Crippen molar-refractivity contribution in [2.45, 2.75) is 12.4 Å². The van der Waals surface area contributed by atoms with Gasteiger partial charge in [-0.15, -0.1) is 0 Å². The lowest BCUT2D eigenvalue weighted by molar-refractivity contribution is -0.138. The van der Waals surface area contributed by atoms with Crippen LogP contribution in [0.25, 0.3) is 22.3 Å². The van der Waals surface area contributed by atoms with E-state index in [1.54, 1.807) is 6.07 Å². The Morgan fingerprint density at radius 3 is 1.74 bits per heavy atom. The number of alkyl halides is 6. The van der Waals surface area contributed by atoms with Crippen LogP contribution in [0.5, 0.6) is 0 Å². The minimum absolute atomic E-state index is 0.280. The first kappa shape index (κ1) is 19.7. The van der Waals surface area contributed by atoms with Crippen LogP contribution in [0.1, 0.15) is 11.1 Å². The van der Waals surface area contributed by atoms with Crippen molar-refractivity contribution in [1.82, 2.24) is 4.98 Å². The third kappa shape index (κ3) is 4.42. The molecule has 0 unspecified atom stereocenters. The van der Waals surface area contributed by atoms with E-state index >= 15 is 0 Å². The lowest BCUT2D eigenvalue weighted by atomic mass is 9.99. The van der Waals surface area contributed by atoms with Gasteiger partial charge in [0.15, 0.2) is 0 Å². The Hall–Kier alpha value is -2.10. The summed E-state index contributed by atoms with van der Waals surface area (Å²) in [5.41, 5.74) is -0.248. The van der Waals surface area contributed by atoms with Gasteiger partial charge in [-0.3, -0.25) is 0 Å². The van der Waals surface area contributed by atoms with Crippen molar-refractivity contribution < 1.29 is 26.3 Å². The zero-order valence-electron chi connectivity index (χ0n) is 13.4. The number of aromatic nitrogens is 1. The van der Waals surface area contributed by atoms with Crippen molar-refractivity contribution >= 4 is 22.6 Å². The Kier molecular flexibility index (Phi) is 5.20. The molecule has 0 radical (unpaired) electrons. The van der Waals surface area contributed by atoms with Gasteiger partial charge in [0, 0.05) is 17.3 Å². The van der Waals surface area contributed by atoms with E-state index in [0.717, 1.165) is 24.3 Å². The quantitative estimate of drug-likeness (QED) is 0.212. The molecule has 0 saturated carbocycles. The van der Waals surface area contributed by atoms with Crippen LogP contribution in [0, 0.1) is 3.70 Å². The molecule has 0 fully saturated rings. The second kappa shape index (κ2) is 7.14. The Morgan fingerprint density at radius 2 is 1.19 bits per heavy atom. The van der Waals surface area contributed by atoms with Crippen LogP contribution < -0.4 is 0 Å². The average Bonchev–Trinajstić information content (AvgIpc) is 2.61. The molecule has 1 aromatic heterocycles. The van der Waals surface area contributed by atoms with Gasteiger partial charge < -0.3 is 0 Å². The maximum absolute atomic E-state index is 13.0. The van der Waals surface area contributed by atoms with Gasteiger partial charge in [-0.25, -0.2) is 4.98 Å². The highest BCUT2D eigenvalue weighted by Crippen LogP contribution is 2.36. The van der Waals surface area contributed by atoms with E-state index in [-0.39, 0.29) is 11.1 Å². The molecule has 0 N–H and O–H groups in total. The summed E-state index contributed by atoms with van der Waals surface area (Å²) in [4.78, 5) is 4.14. The minimum Gasteiger partial charge on any atom is -0.249 e. The maximum atomic E-state index is 13.0. The van der Waals surface area contributed by atoms with Crippen LogP contribution in [0.2, 0.25) is 0 Å². The van der Waals surface area contributed by atoms with Crippen molar-refractivity contribution in [2.24, 2.45) is 0 Å². The molecule has 0 aliphatic rings. The van der Waals surface area contributed by atoms with Gasteiger partial charge in [0.1, 0.15) is 3.70 Å². The normalized spacial score (nSPS) is 12.3. The van der Waals surface area contributed by atoms with Crippen molar-refractivity contribution in [3.63, 3.8) is 0 Å². The fraction of sp³-hybridized carbons (Fsp3) is 0.105. The Morgan fingerprint density at radius 1 is 0.667 bits per heavy atom. The second-order valence-corrected chi connectivity index (χ2v) is 6.74. The van der Waals surface area contributed by atoms with Crippen LogP contribution >= 0.6 is 22.6 Å². The van der Waals surface area contributed by atoms with Gasteiger partial charge in [0.25, 0.3) is 0 Å². The standard InChI is InChI=1S/C19H10F6IN/c20-18(21,22)14-5-1-3-11(7-14)13-9-16(17(26)27-10-13)12-4-2-6-15(8-12)19(23,24)25/h1-10H. The fourth-order valence-corrected chi connectivity index (χ4v) is 3.15. The van der Waals surface area contributed by atoms with Crippen molar-refractivity contribution in [3.05, 3.63) is 75.6 Å². The SMILES string of the molecule is FC(F)(F)c1cccc(-c2cnc(I)c(-c3cccc(C(F)(F)F)c3)c2)c1. The summed E-state index contributed by atoms with van der Waals surface area (Å²) < 4.78 is 78.1. The molecular formula is C19H10F6IN. The molecule has 1 heterocycles. The first-order valence-electron chi connectivity index (χ1n) is 7.56. The zero-order chi connectivity index (χ0) is 19.8. The number of benzene rings is 2. The van der Waals surface area contributed by atoms with Gasteiger partial charge >= 0.3 is 12.4 Å². The van der Waals surface area contributed by atoms with Crippen LogP contribution in [-0.4, -0.2) is 4.98 Å². The highest BCUT2D eigenvalue weighted by Gasteiger charge is 2.31. The zero-order valence-corrected chi connectivity index (χ0v) is 15.5. The van der Waals surface area contributed by atoms with E-state index < -0.39 is 23.5 Å². The summed E-state index contributed by atoms with van der Waals surface area (Å²) in [5.74, 6) is 0. The summed E-state index contributed by atoms with van der Waals surface area (Å²) in [6.45, 7) is 0. The molecule has 3 rings (SSSR count). The Bertz CT molecular complexity index is 978. The molecule has 3 aromatic rings. The summed E-state index contributed by atoms with van der Waals surface area (Å²) in [6, 6.07) is 11.0. The molecule has 0 bridgehead atoms. The van der Waals surface area contributed by atoms with E-state index in [9.17, 15) is 26.3 Å². The average molecular weight is 493 g/mol. The molecule has 0 amide bonds. The predicted molar refractivity (Wildman–Crippen MR) is 97.8 cm³/mol. The number of pyridine rings is 1. The largest absolute Gasteiger partial charge is 0.416 e. The van der Waals surface area contributed by atoms with Crippen LogP contribution in [0.15, 0.2) is 60.8 Å². The number of halogens is 7. The van der Waals surface area contributed by atoms with E-state index in [4.69, 9.17) is 0 Å². The topological polar surface area (TPSA) is 12.9 Å². The van der Waals surface area contributed by atoms with Crippen molar-refractivity contribution in [3.8, 4) is 22.3 Å². The van der Waals surface area contributed by atoms with Gasteiger partial charge in [-0.05, 0) is 64.0 Å². The Labute approximate surface area is 164 Å². The summed E-state index contributed by atoms with van der Waals surface area (Å²) in [5, 5.41) is 0. The Balaban J connectivity index is 2.09. The highest BCUT2D eigenvalue weighted by molar-refractivity contribution is 14.1. The molecule has 0 saturated heterocycles. The molecule has 0 spiro atoms. The lowest BCUT2D eigenvalue weighted by Gasteiger charge is -2.12. The van der Waals surface area contributed by atoms with E-state index in [1.165, 1.54) is 30.5 Å². The van der Waals surface area contributed by atoms with Crippen molar-refractivity contribution in [2.75, 3.05) is 0 Å². The van der Waals surface area contributed by atoms with Gasteiger partial charge in [0.2, 0.25) is 0 Å². The fourth-order valence-electron chi connectivity index (χ4n) is 2.55. The molecule has 0 atom stereocenters. The number of hydrogen-bond acceptors (Lipinski definition) is 1.